The van der Waals surface area contributed by atoms with Gasteiger partial charge in [-0.3, -0.25) is 4.79 Å². The number of nitrogens with two attached hydrogens (primary N) is 1. The third kappa shape index (κ3) is 2.18. The number of rotatable bonds is 3. The van der Waals surface area contributed by atoms with Crippen molar-refractivity contribution in [1.82, 2.24) is 5.32 Å². The first-order chi connectivity index (χ1) is 8.44. The summed E-state index contributed by atoms with van der Waals surface area (Å²) in [5.41, 5.74) is 5.52. The number of fused-ring (bicyclic) bond motifs is 5. The summed E-state index contributed by atoms with van der Waals surface area (Å²) in [6.07, 6.45) is 7.30. The van der Waals surface area contributed by atoms with Gasteiger partial charge in [-0.15, -0.1) is 0 Å². The van der Waals surface area contributed by atoms with Gasteiger partial charge in [-0.2, -0.15) is 0 Å². The summed E-state index contributed by atoms with van der Waals surface area (Å²) >= 11 is 0. The van der Waals surface area contributed by atoms with Crippen molar-refractivity contribution >= 4 is 5.91 Å². The van der Waals surface area contributed by atoms with Gasteiger partial charge in [0.25, 0.3) is 0 Å². The number of amides is 1. The van der Waals surface area contributed by atoms with Gasteiger partial charge < -0.3 is 11.1 Å². The van der Waals surface area contributed by atoms with E-state index in [4.69, 9.17) is 5.73 Å². The highest BCUT2D eigenvalue weighted by Gasteiger charge is 2.54. The Morgan fingerprint density at radius 3 is 2.67 bits per heavy atom. The maximum absolute atomic E-state index is 12.0. The molecule has 3 fully saturated rings. The average molecular weight is 250 g/mol. The van der Waals surface area contributed by atoms with Gasteiger partial charge in [-0.25, -0.2) is 0 Å². The van der Waals surface area contributed by atoms with Gasteiger partial charge in [0.1, 0.15) is 0 Å². The topological polar surface area (TPSA) is 55.1 Å². The summed E-state index contributed by atoms with van der Waals surface area (Å²) < 4.78 is 0. The number of nitrogens with one attached hydrogen (secondary N) is 1. The van der Waals surface area contributed by atoms with Crippen molar-refractivity contribution in [2.24, 2.45) is 29.4 Å². The zero-order valence-corrected chi connectivity index (χ0v) is 11.6. The number of carbonyl (C=O) groups excluding carboxylic acids is 1. The highest BCUT2D eigenvalue weighted by Crippen LogP contribution is 2.58. The minimum Gasteiger partial charge on any atom is -0.353 e. The molecule has 3 nitrogen and oxygen atoms in total. The van der Waals surface area contributed by atoms with Gasteiger partial charge in [-0.1, -0.05) is 6.42 Å². The molecule has 5 atom stereocenters. The first-order valence-corrected chi connectivity index (χ1v) is 7.52. The normalized spacial score (nSPS) is 42.1. The second-order valence-electron chi connectivity index (χ2n) is 7.49. The fourth-order valence-electron chi connectivity index (χ4n) is 4.91. The Labute approximate surface area is 110 Å². The Kier molecular flexibility index (Phi) is 2.92. The first-order valence-electron chi connectivity index (χ1n) is 7.52. The van der Waals surface area contributed by atoms with E-state index in [2.05, 4.69) is 5.32 Å². The smallest absolute Gasteiger partial charge is 0.222 e. The predicted octanol–water partition coefficient (Wildman–Crippen LogP) is 2.05. The van der Waals surface area contributed by atoms with E-state index in [9.17, 15) is 4.79 Å². The van der Waals surface area contributed by atoms with Gasteiger partial charge in [-0.05, 0) is 63.2 Å². The minimum atomic E-state index is -0.391. The Bertz CT molecular complexity index is 347. The summed E-state index contributed by atoms with van der Waals surface area (Å²) in [5.74, 6) is 3.73. The van der Waals surface area contributed by atoms with Crippen LogP contribution in [0.25, 0.3) is 0 Å². The zero-order valence-electron chi connectivity index (χ0n) is 11.6. The SMILES string of the molecule is CC(C)(N)CC(=O)NC1CC2CC1C1CCCC21. The van der Waals surface area contributed by atoms with Crippen molar-refractivity contribution in [1.29, 1.82) is 0 Å². The molecule has 1 amide bonds. The van der Waals surface area contributed by atoms with Gasteiger partial charge in [0.05, 0.1) is 0 Å². The molecule has 3 aliphatic rings. The van der Waals surface area contributed by atoms with Crippen LogP contribution in [0.3, 0.4) is 0 Å². The van der Waals surface area contributed by atoms with Crippen LogP contribution in [0.1, 0.15) is 52.4 Å². The zero-order chi connectivity index (χ0) is 12.9. The van der Waals surface area contributed by atoms with Crippen molar-refractivity contribution in [3.8, 4) is 0 Å². The number of hydrogen-bond acceptors (Lipinski definition) is 2. The third-order valence-corrected chi connectivity index (χ3v) is 5.39. The minimum absolute atomic E-state index is 0.148. The van der Waals surface area contributed by atoms with Crippen LogP contribution in [0.2, 0.25) is 0 Å². The fraction of sp³-hybridized carbons (Fsp3) is 0.933. The van der Waals surface area contributed by atoms with Gasteiger partial charge >= 0.3 is 0 Å². The van der Waals surface area contributed by atoms with E-state index in [1.54, 1.807) is 0 Å². The molecule has 0 aliphatic heterocycles. The molecule has 0 saturated heterocycles. The van der Waals surface area contributed by atoms with Crippen molar-refractivity contribution in [2.75, 3.05) is 0 Å². The first kappa shape index (κ1) is 12.5. The van der Waals surface area contributed by atoms with Gasteiger partial charge in [0.2, 0.25) is 5.91 Å². The lowest BCUT2D eigenvalue weighted by Crippen LogP contribution is -2.46. The van der Waals surface area contributed by atoms with Crippen LogP contribution in [0.4, 0.5) is 0 Å². The largest absolute Gasteiger partial charge is 0.353 e. The van der Waals surface area contributed by atoms with Crippen LogP contribution < -0.4 is 11.1 Å². The van der Waals surface area contributed by atoms with Gasteiger partial charge in [0.15, 0.2) is 0 Å². The van der Waals surface area contributed by atoms with Crippen LogP contribution in [-0.4, -0.2) is 17.5 Å². The summed E-state index contributed by atoms with van der Waals surface area (Å²) in [5, 5.41) is 3.26. The highest BCUT2D eigenvalue weighted by molar-refractivity contribution is 5.77. The molecular formula is C15H26N2O. The van der Waals surface area contributed by atoms with E-state index >= 15 is 0 Å². The van der Waals surface area contributed by atoms with Crippen molar-refractivity contribution in [3.63, 3.8) is 0 Å². The summed E-state index contributed by atoms with van der Waals surface area (Å²) in [6, 6.07) is 0.448. The lowest BCUT2D eigenvalue weighted by molar-refractivity contribution is -0.123. The van der Waals surface area contributed by atoms with Crippen LogP contribution >= 0.6 is 0 Å². The monoisotopic (exact) mass is 250 g/mol. The molecule has 0 aromatic rings. The molecule has 3 rings (SSSR count). The summed E-state index contributed by atoms with van der Waals surface area (Å²) in [6.45, 7) is 3.83. The van der Waals surface area contributed by atoms with Crippen molar-refractivity contribution in [2.45, 2.75) is 64.0 Å². The summed E-state index contributed by atoms with van der Waals surface area (Å²) in [7, 11) is 0. The fourth-order valence-corrected chi connectivity index (χ4v) is 4.91. The predicted molar refractivity (Wildman–Crippen MR) is 71.9 cm³/mol. The van der Waals surface area contributed by atoms with E-state index in [0.29, 0.717) is 12.5 Å². The van der Waals surface area contributed by atoms with E-state index in [1.165, 1.54) is 32.1 Å². The van der Waals surface area contributed by atoms with E-state index in [0.717, 1.165) is 23.7 Å². The molecule has 5 unspecified atom stereocenters. The lowest BCUT2D eigenvalue weighted by Gasteiger charge is -2.32. The maximum atomic E-state index is 12.0. The Morgan fingerprint density at radius 1 is 1.22 bits per heavy atom. The standard InChI is InChI=1S/C15H26N2O/c1-15(2,16)8-14(18)17-13-7-9-6-12(13)11-5-3-4-10(9)11/h9-13H,3-8,16H2,1-2H3,(H,17,18). The maximum Gasteiger partial charge on any atom is 0.222 e. The van der Waals surface area contributed by atoms with Crippen LogP contribution in [-0.2, 0) is 4.79 Å². The molecule has 3 N–H and O–H groups in total. The third-order valence-electron chi connectivity index (χ3n) is 5.39. The Morgan fingerprint density at radius 2 is 1.94 bits per heavy atom. The molecule has 3 saturated carbocycles. The lowest BCUT2D eigenvalue weighted by atomic mass is 9.79. The van der Waals surface area contributed by atoms with Crippen LogP contribution in [0.5, 0.6) is 0 Å². The van der Waals surface area contributed by atoms with E-state index in [1.807, 2.05) is 13.8 Å². The molecule has 18 heavy (non-hydrogen) atoms. The summed E-state index contributed by atoms with van der Waals surface area (Å²) in [4.78, 5) is 12.0. The van der Waals surface area contributed by atoms with Gasteiger partial charge in [0, 0.05) is 18.0 Å². The second kappa shape index (κ2) is 4.22. The van der Waals surface area contributed by atoms with Crippen molar-refractivity contribution in [3.05, 3.63) is 0 Å². The molecule has 102 valence electrons. The molecule has 0 radical (unpaired) electrons. The molecule has 0 spiro atoms. The number of carbonyl (C=O) groups is 1. The number of hydrogen-bond donors (Lipinski definition) is 2. The molecule has 3 aliphatic carbocycles. The Hall–Kier alpha value is -0.570. The van der Waals surface area contributed by atoms with E-state index in [-0.39, 0.29) is 5.91 Å². The van der Waals surface area contributed by atoms with Crippen LogP contribution in [0.15, 0.2) is 0 Å². The Balaban J connectivity index is 1.58. The highest BCUT2D eigenvalue weighted by atomic mass is 16.1. The molecule has 0 aromatic carbocycles. The molecule has 0 heterocycles. The molecule has 0 aromatic heterocycles. The quantitative estimate of drug-likeness (QED) is 0.805. The van der Waals surface area contributed by atoms with E-state index < -0.39 is 5.54 Å². The average Bonchev–Trinajstić information content (AvgIpc) is 2.81. The molecule has 2 bridgehead atoms. The van der Waals surface area contributed by atoms with Crippen LogP contribution in [0, 0.1) is 23.7 Å². The van der Waals surface area contributed by atoms with Crippen molar-refractivity contribution < 1.29 is 4.79 Å². The molecular weight excluding hydrogens is 224 g/mol. The molecule has 3 heteroatoms. The second-order valence-corrected chi connectivity index (χ2v) is 7.49.